The average Bonchev–Trinajstić information content (AvgIpc) is 2.56. The molecule has 0 aliphatic heterocycles. The van der Waals surface area contributed by atoms with Crippen molar-refractivity contribution in [2.45, 2.75) is 32.8 Å². The summed E-state index contributed by atoms with van der Waals surface area (Å²) < 4.78 is 10.6. The fourth-order valence-electron chi connectivity index (χ4n) is 2.07. The number of likely N-dealkylation sites (N-methyl/N-ethyl adjacent to an activating group) is 1. The molecule has 0 radical (unpaired) electrons. The first-order valence-electron chi connectivity index (χ1n) is 8.90. The molecular weight excluding hydrogens is 350 g/mol. The highest BCUT2D eigenvalue weighted by Crippen LogP contribution is 2.10. The van der Waals surface area contributed by atoms with Gasteiger partial charge < -0.3 is 24.2 Å². The van der Waals surface area contributed by atoms with Crippen LogP contribution in [0.25, 0.3) is 0 Å². The summed E-state index contributed by atoms with van der Waals surface area (Å²) in [5.41, 5.74) is -0.568. The SMILES string of the molecule is CN(C)CCCN(CCN(C)C(=O)OC(C)(C)C)C(=O)Oc1cnccn1. The van der Waals surface area contributed by atoms with Gasteiger partial charge in [0, 0.05) is 39.1 Å². The number of aromatic nitrogens is 2. The maximum absolute atomic E-state index is 12.5. The molecule has 1 aromatic rings. The highest BCUT2D eigenvalue weighted by atomic mass is 16.6. The minimum absolute atomic E-state index is 0.139. The van der Waals surface area contributed by atoms with Gasteiger partial charge in [-0.25, -0.2) is 14.6 Å². The van der Waals surface area contributed by atoms with Gasteiger partial charge in [-0.1, -0.05) is 0 Å². The molecule has 27 heavy (non-hydrogen) atoms. The topological polar surface area (TPSA) is 88.1 Å². The summed E-state index contributed by atoms with van der Waals surface area (Å²) in [7, 11) is 5.58. The predicted octanol–water partition coefficient (Wildman–Crippen LogP) is 2.10. The molecule has 1 aromatic heterocycles. The quantitative estimate of drug-likeness (QED) is 0.681. The molecule has 9 heteroatoms. The third-order valence-electron chi connectivity index (χ3n) is 3.43. The van der Waals surface area contributed by atoms with Crippen LogP contribution in [-0.2, 0) is 4.74 Å². The van der Waals surface area contributed by atoms with Crippen molar-refractivity contribution in [3.8, 4) is 5.88 Å². The van der Waals surface area contributed by atoms with Gasteiger partial charge in [0.1, 0.15) is 5.60 Å². The summed E-state index contributed by atoms with van der Waals surface area (Å²) in [5, 5.41) is 0. The molecule has 0 saturated heterocycles. The third-order valence-corrected chi connectivity index (χ3v) is 3.43. The Kier molecular flexibility index (Phi) is 8.93. The van der Waals surface area contributed by atoms with E-state index in [0.29, 0.717) is 19.6 Å². The molecule has 0 spiro atoms. The van der Waals surface area contributed by atoms with E-state index in [9.17, 15) is 9.59 Å². The first-order chi connectivity index (χ1) is 12.6. The fraction of sp³-hybridized carbons (Fsp3) is 0.667. The van der Waals surface area contributed by atoms with Gasteiger partial charge in [0.2, 0.25) is 5.88 Å². The average molecular weight is 381 g/mol. The van der Waals surface area contributed by atoms with E-state index in [1.54, 1.807) is 11.9 Å². The van der Waals surface area contributed by atoms with E-state index in [0.717, 1.165) is 13.0 Å². The van der Waals surface area contributed by atoms with Gasteiger partial charge in [-0.15, -0.1) is 0 Å². The second-order valence-corrected chi connectivity index (χ2v) is 7.46. The Hall–Kier alpha value is -2.42. The predicted molar refractivity (Wildman–Crippen MR) is 102 cm³/mol. The molecule has 2 amide bonds. The molecule has 0 aliphatic rings. The second kappa shape index (κ2) is 10.7. The van der Waals surface area contributed by atoms with Gasteiger partial charge in [-0.2, -0.15) is 0 Å². The summed E-state index contributed by atoms with van der Waals surface area (Å²) in [4.78, 5) is 37.4. The first kappa shape index (κ1) is 22.6. The van der Waals surface area contributed by atoms with E-state index in [1.807, 2.05) is 39.8 Å². The Bertz CT molecular complexity index is 589. The number of carbonyl (C=O) groups excluding carboxylic acids is 2. The smallest absolute Gasteiger partial charge is 0.416 e. The zero-order chi connectivity index (χ0) is 20.4. The zero-order valence-electron chi connectivity index (χ0n) is 17.1. The maximum Gasteiger partial charge on any atom is 0.416 e. The lowest BCUT2D eigenvalue weighted by Gasteiger charge is -2.27. The lowest BCUT2D eigenvalue weighted by Crippen LogP contribution is -2.43. The fourth-order valence-corrected chi connectivity index (χ4v) is 2.07. The maximum atomic E-state index is 12.5. The molecule has 0 atom stereocenters. The monoisotopic (exact) mass is 381 g/mol. The molecule has 1 heterocycles. The number of amides is 2. The molecule has 152 valence electrons. The van der Waals surface area contributed by atoms with Crippen LogP contribution < -0.4 is 4.74 Å². The van der Waals surface area contributed by atoms with Crippen LogP contribution in [0.4, 0.5) is 9.59 Å². The summed E-state index contributed by atoms with van der Waals surface area (Å²) >= 11 is 0. The van der Waals surface area contributed by atoms with Crippen LogP contribution in [0.1, 0.15) is 27.2 Å². The Labute approximate surface area is 161 Å². The van der Waals surface area contributed by atoms with Crippen molar-refractivity contribution in [2.24, 2.45) is 0 Å². The molecule has 0 saturated carbocycles. The molecular formula is C18H31N5O4. The second-order valence-electron chi connectivity index (χ2n) is 7.46. The van der Waals surface area contributed by atoms with E-state index in [2.05, 4.69) is 9.97 Å². The first-order valence-corrected chi connectivity index (χ1v) is 8.90. The van der Waals surface area contributed by atoms with Gasteiger partial charge >= 0.3 is 12.2 Å². The Morgan fingerprint density at radius 2 is 1.70 bits per heavy atom. The molecule has 0 unspecified atom stereocenters. The van der Waals surface area contributed by atoms with E-state index in [1.165, 1.54) is 23.5 Å². The van der Waals surface area contributed by atoms with Gasteiger partial charge in [0.25, 0.3) is 0 Å². The minimum atomic E-state index is -0.568. The van der Waals surface area contributed by atoms with Crippen LogP contribution >= 0.6 is 0 Å². The summed E-state index contributed by atoms with van der Waals surface area (Å²) in [6.45, 7) is 7.41. The largest absolute Gasteiger partial charge is 0.444 e. The number of nitrogens with zero attached hydrogens (tertiary/aromatic N) is 5. The van der Waals surface area contributed by atoms with E-state index < -0.39 is 17.8 Å². The number of hydrogen-bond acceptors (Lipinski definition) is 7. The van der Waals surface area contributed by atoms with Crippen molar-refractivity contribution in [2.75, 3.05) is 47.3 Å². The van der Waals surface area contributed by atoms with Gasteiger partial charge in [-0.05, 0) is 47.8 Å². The molecule has 9 nitrogen and oxygen atoms in total. The number of hydrogen-bond donors (Lipinski definition) is 0. The summed E-state index contributed by atoms with van der Waals surface area (Å²) in [6.07, 6.45) is 4.16. The van der Waals surface area contributed by atoms with Gasteiger partial charge in [0.05, 0.1) is 6.20 Å². The minimum Gasteiger partial charge on any atom is -0.444 e. The van der Waals surface area contributed by atoms with Crippen LogP contribution in [0, 0.1) is 0 Å². The van der Waals surface area contributed by atoms with Crippen molar-refractivity contribution in [1.29, 1.82) is 0 Å². The summed E-state index contributed by atoms with van der Waals surface area (Å²) in [6, 6.07) is 0. The number of ether oxygens (including phenoxy) is 2. The van der Waals surface area contributed by atoms with Crippen LogP contribution in [-0.4, -0.2) is 89.8 Å². The van der Waals surface area contributed by atoms with Crippen LogP contribution in [0.2, 0.25) is 0 Å². The molecule has 0 aromatic carbocycles. The molecule has 0 aliphatic carbocycles. The Balaban J connectivity index is 2.64. The number of carbonyl (C=O) groups is 2. The molecule has 0 fully saturated rings. The van der Waals surface area contributed by atoms with Crippen LogP contribution in [0.5, 0.6) is 5.88 Å². The van der Waals surface area contributed by atoms with E-state index in [4.69, 9.17) is 9.47 Å². The van der Waals surface area contributed by atoms with Gasteiger partial charge in [-0.3, -0.25) is 4.98 Å². The van der Waals surface area contributed by atoms with Crippen LogP contribution in [0.15, 0.2) is 18.6 Å². The lowest BCUT2D eigenvalue weighted by atomic mass is 10.2. The number of rotatable bonds is 8. The Morgan fingerprint density at radius 3 is 2.26 bits per heavy atom. The normalized spacial score (nSPS) is 11.2. The van der Waals surface area contributed by atoms with Crippen molar-refractivity contribution in [3.05, 3.63) is 18.6 Å². The standard InChI is InChI=1S/C18H31N5O4/c1-18(2,3)27-16(24)22(6)12-13-23(11-7-10-21(4)5)17(25)26-15-14-19-8-9-20-15/h8-9,14H,7,10-13H2,1-6H3. The highest BCUT2D eigenvalue weighted by Gasteiger charge is 2.22. The van der Waals surface area contributed by atoms with Gasteiger partial charge in [0.15, 0.2) is 0 Å². The highest BCUT2D eigenvalue weighted by molar-refractivity contribution is 5.70. The van der Waals surface area contributed by atoms with E-state index >= 15 is 0 Å². The Morgan fingerprint density at radius 1 is 1.00 bits per heavy atom. The van der Waals surface area contributed by atoms with E-state index in [-0.39, 0.29) is 5.88 Å². The summed E-state index contributed by atoms with van der Waals surface area (Å²) in [5.74, 6) is 0.139. The lowest BCUT2D eigenvalue weighted by molar-refractivity contribution is 0.0283. The van der Waals surface area contributed by atoms with Crippen molar-refractivity contribution >= 4 is 12.2 Å². The molecule has 0 bridgehead atoms. The molecule has 1 rings (SSSR count). The van der Waals surface area contributed by atoms with Crippen molar-refractivity contribution in [3.63, 3.8) is 0 Å². The van der Waals surface area contributed by atoms with Crippen molar-refractivity contribution < 1.29 is 19.1 Å². The third kappa shape index (κ3) is 9.74. The zero-order valence-corrected chi connectivity index (χ0v) is 17.1. The molecule has 0 N–H and O–H groups in total. The van der Waals surface area contributed by atoms with Crippen LogP contribution in [0.3, 0.4) is 0 Å². The van der Waals surface area contributed by atoms with Crippen molar-refractivity contribution in [1.82, 2.24) is 24.7 Å².